The summed E-state index contributed by atoms with van der Waals surface area (Å²) in [7, 11) is 9.08. The maximum Gasteiger partial charge on any atom is 0.197 e. The Kier molecular flexibility index (Phi) is 8.02. The molecule has 6 aromatic rings. The second-order valence-corrected chi connectivity index (χ2v) is 10.2. The van der Waals surface area contributed by atoms with Gasteiger partial charge in [0.2, 0.25) is 0 Å². The van der Waals surface area contributed by atoms with Crippen molar-refractivity contribution in [3.8, 4) is 68.3 Å². The van der Waals surface area contributed by atoms with Crippen molar-refractivity contribution in [3.05, 3.63) is 93.2 Å². The highest BCUT2D eigenvalue weighted by atomic mass is 16.5. The average molecular weight is 623 g/mol. The first-order valence-electron chi connectivity index (χ1n) is 14.1. The summed E-state index contributed by atoms with van der Waals surface area (Å²) < 4.78 is 46.0. The summed E-state index contributed by atoms with van der Waals surface area (Å²) in [6, 6.07) is 20.1. The molecular weight excluding hydrogens is 592 g/mol. The molecule has 0 fully saturated rings. The summed E-state index contributed by atoms with van der Waals surface area (Å²) in [5.41, 5.74) is 2.08. The molecule has 46 heavy (non-hydrogen) atoms. The second kappa shape index (κ2) is 12.2. The van der Waals surface area contributed by atoms with Crippen LogP contribution in [-0.2, 0) is 0 Å². The number of hydrogen-bond acceptors (Lipinski definition) is 10. The molecule has 0 bridgehead atoms. The number of benzene rings is 4. The van der Waals surface area contributed by atoms with Gasteiger partial charge in [0.25, 0.3) is 0 Å². The van der Waals surface area contributed by atoms with Crippen molar-refractivity contribution in [2.75, 3.05) is 42.7 Å². The fourth-order valence-electron chi connectivity index (χ4n) is 5.46. The van der Waals surface area contributed by atoms with Crippen LogP contribution in [-0.4, -0.2) is 42.7 Å². The number of methoxy groups -OCH3 is 6. The van der Waals surface area contributed by atoms with E-state index in [1.165, 1.54) is 47.7 Å². The van der Waals surface area contributed by atoms with E-state index in [0.717, 1.165) is 0 Å². The molecule has 10 nitrogen and oxygen atoms in total. The normalized spacial score (nSPS) is 11.0. The summed E-state index contributed by atoms with van der Waals surface area (Å²) >= 11 is 0. The first-order chi connectivity index (χ1) is 22.3. The zero-order chi connectivity index (χ0) is 32.5. The third kappa shape index (κ3) is 5.13. The van der Waals surface area contributed by atoms with Gasteiger partial charge < -0.3 is 37.3 Å². The smallest absolute Gasteiger partial charge is 0.197 e. The van der Waals surface area contributed by atoms with Crippen LogP contribution in [0.5, 0.6) is 34.5 Å². The van der Waals surface area contributed by atoms with Gasteiger partial charge in [-0.05, 0) is 42.5 Å². The highest BCUT2D eigenvalue weighted by Gasteiger charge is 2.24. The molecule has 0 N–H and O–H groups in total. The van der Waals surface area contributed by atoms with Crippen LogP contribution in [0.1, 0.15) is 0 Å². The average Bonchev–Trinajstić information content (AvgIpc) is 3.09. The molecule has 4 aromatic carbocycles. The molecule has 0 radical (unpaired) electrons. The monoisotopic (exact) mass is 622 g/mol. The van der Waals surface area contributed by atoms with E-state index in [-0.39, 0.29) is 38.7 Å². The van der Waals surface area contributed by atoms with Crippen LogP contribution in [0.2, 0.25) is 0 Å². The third-order valence-corrected chi connectivity index (χ3v) is 7.72. The summed E-state index contributed by atoms with van der Waals surface area (Å²) in [6.45, 7) is 0. The van der Waals surface area contributed by atoms with Gasteiger partial charge in [-0.3, -0.25) is 9.59 Å². The number of fused-ring (bicyclic) bond motifs is 2. The van der Waals surface area contributed by atoms with Crippen LogP contribution in [0.25, 0.3) is 55.7 Å². The van der Waals surface area contributed by atoms with E-state index in [1.807, 2.05) is 0 Å². The Morgan fingerprint density at radius 2 is 1.07 bits per heavy atom. The van der Waals surface area contributed by atoms with Crippen LogP contribution in [0, 0.1) is 0 Å². The fraction of sp³-hybridized carbons (Fsp3) is 0.167. The van der Waals surface area contributed by atoms with Gasteiger partial charge in [0.05, 0.1) is 48.2 Å². The van der Waals surface area contributed by atoms with Gasteiger partial charge in [0, 0.05) is 47.0 Å². The Labute approximate surface area is 263 Å². The summed E-state index contributed by atoms with van der Waals surface area (Å²) in [5.74, 6) is 3.18. The summed E-state index contributed by atoms with van der Waals surface area (Å²) in [6.07, 6.45) is 0. The molecule has 0 amide bonds. The van der Waals surface area contributed by atoms with Gasteiger partial charge in [-0.2, -0.15) is 0 Å². The minimum Gasteiger partial charge on any atom is -0.497 e. The maximum atomic E-state index is 13.7. The molecule has 0 aliphatic heterocycles. The van der Waals surface area contributed by atoms with Gasteiger partial charge in [-0.1, -0.05) is 0 Å². The van der Waals surface area contributed by atoms with Gasteiger partial charge in [0.1, 0.15) is 62.4 Å². The SMILES string of the molecule is COc1ccc(-c2cc(=O)c3c(OC)cc(OC)c(-c4cc(-c5cc(=O)c6c(OC)cc(OC)cc6o5)ccc4OC)c3o2)cc1. The van der Waals surface area contributed by atoms with Gasteiger partial charge in [0.15, 0.2) is 16.4 Å². The predicted octanol–water partition coefficient (Wildman–Crippen LogP) is 6.95. The molecule has 234 valence electrons. The Morgan fingerprint density at radius 1 is 0.478 bits per heavy atom. The van der Waals surface area contributed by atoms with Crippen LogP contribution in [0.15, 0.2) is 91.2 Å². The molecule has 0 saturated carbocycles. The number of rotatable bonds is 9. The Hall–Kier alpha value is -5.90. The molecule has 0 unspecified atom stereocenters. The molecule has 2 aromatic heterocycles. The molecule has 0 aliphatic rings. The quantitative estimate of drug-likeness (QED) is 0.168. The highest BCUT2D eigenvalue weighted by molar-refractivity contribution is 6.01. The van der Waals surface area contributed by atoms with Crippen molar-refractivity contribution in [1.82, 2.24) is 0 Å². The lowest BCUT2D eigenvalue weighted by Gasteiger charge is -2.18. The van der Waals surface area contributed by atoms with E-state index >= 15 is 0 Å². The van der Waals surface area contributed by atoms with E-state index in [2.05, 4.69) is 0 Å². The standard InChI is InChI=1S/C36H30O10/c1-39-21-10-7-19(8-11-21)27-17-25(38)35-31(44-6)18-30(43-5)33(36(35)46-27)23-13-20(9-12-26(23)41-3)28-16-24(37)34-29(42-4)14-22(40-2)15-32(34)45-28/h7-18H,1-6H3. The van der Waals surface area contributed by atoms with E-state index in [9.17, 15) is 9.59 Å². The van der Waals surface area contributed by atoms with E-state index in [4.69, 9.17) is 37.3 Å². The zero-order valence-electron chi connectivity index (χ0n) is 26.0. The van der Waals surface area contributed by atoms with Crippen molar-refractivity contribution in [2.45, 2.75) is 0 Å². The van der Waals surface area contributed by atoms with Crippen molar-refractivity contribution in [2.24, 2.45) is 0 Å². The zero-order valence-corrected chi connectivity index (χ0v) is 26.0. The third-order valence-electron chi connectivity index (χ3n) is 7.72. The number of ether oxygens (including phenoxy) is 6. The van der Waals surface area contributed by atoms with Crippen molar-refractivity contribution in [3.63, 3.8) is 0 Å². The molecule has 0 aliphatic carbocycles. The van der Waals surface area contributed by atoms with E-state index in [1.54, 1.807) is 67.8 Å². The van der Waals surface area contributed by atoms with E-state index in [0.29, 0.717) is 62.3 Å². The topological polar surface area (TPSA) is 116 Å². The summed E-state index contributed by atoms with van der Waals surface area (Å²) in [5, 5.41) is 0.510. The van der Waals surface area contributed by atoms with Crippen LogP contribution in [0.4, 0.5) is 0 Å². The first-order valence-corrected chi connectivity index (χ1v) is 14.1. The van der Waals surface area contributed by atoms with Crippen LogP contribution in [0.3, 0.4) is 0 Å². The fourth-order valence-corrected chi connectivity index (χ4v) is 5.46. The Bertz CT molecular complexity index is 2210. The van der Waals surface area contributed by atoms with Crippen LogP contribution >= 0.6 is 0 Å². The molecule has 10 heteroatoms. The largest absolute Gasteiger partial charge is 0.497 e. The lowest BCUT2D eigenvalue weighted by atomic mass is 9.96. The molecule has 0 saturated heterocycles. The lowest BCUT2D eigenvalue weighted by molar-refractivity contribution is 0.396. The molecule has 6 rings (SSSR count). The first kappa shape index (κ1) is 30.1. The predicted molar refractivity (Wildman–Crippen MR) is 174 cm³/mol. The van der Waals surface area contributed by atoms with Gasteiger partial charge in [-0.25, -0.2) is 0 Å². The Morgan fingerprint density at radius 3 is 1.70 bits per heavy atom. The Balaban J connectivity index is 1.64. The van der Waals surface area contributed by atoms with Crippen molar-refractivity contribution < 1.29 is 37.3 Å². The van der Waals surface area contributed by atoms with Gasteiger partial charge in [-0.15, -0.1) is 0 Å². The minimum atomic E-state index is -0.314. The molecular formula is C36H30O10. The molecule has 0 atom stereocenters. The van der Waals surface area contributed by atoms with Crippen LogP contribution < -0.4 is 39.3 Å². The highest BCUT2D eigenvalue weighted by Crippen LogP contribution is 2.46. The minimum absolute atomic E-state index is 0.222. The van der Waals surface area contributed by atoms with Crippen molar-refractivity contribution in [1.29, 1.82) is 0 Å². The summed E-state index contributed by atoms with van der Waals surface area (Å²) in [4.78, 5) is 27.0. The van der Waals surface area contributed by atoms with E-state index < -0.39 is 0 Å². The van der Waals surface area contributed by atoms with Crippen molar-refractivity contribution >= 4 is 21.9 Å². The maximum absolute atomic E-state index is 13.7. The number of hydrogen-bond donors (Lipinski definition) is 0. The molecule has 0 spiro atoms. The second-order valence-electron chi connectivity index (χ2n) is 10.2. The lowest BCUT2D eigenvalue weighted by Crippen LogP contribution is -2.05. The van der Waals surface area contributed by atoms with Gasteiger partial charge >= 0.3 is 0 Å². The molecule has 2 heterocycles.